The van der Waals surface area contributed by atoms with Gasteiger partial charge in [0.05, 0.1) is 0 Å². The molecule has 0 unspecified atom stereocenters. The van der Waals surface area contributed by atoms with E-state index in [1.54, 1.807) is 24.4 Å². The van der Waals surface area contributed by atoms with Gasteiger partial charge in [-0.25, -0.2) is 4.98 Å². The first-order valence-electron chi connectivity index (χ1n) is 10.6. The van der Waals surface area contributed by atoms with Gasteiger partial charge in [0.25, 0.3) is 0 Å². The van der Waals surface area contributed by atoms with Crippen molar-refractivity contribution in [3.63, 3.8) is 0 Å². The zero-order chi connectivity index (χ0) is 22.8. The molecular formula is C24H32N4O3. The number of rotatable bonds is 10. The van der Waals surface area contributed by atoms with Crippen molar-refractivity contribution < 1.29 is 14.4 Å². The van der Waals surface area contributed by atoms with Crippen molar-refractivity contribution in [2.45, 2.75) is 47.0 Å². The van der Waals surface area contributed by atoms with Crippen LogP contribution in [0.2, 0.25) is 0 Å². The Morgan fingerprint density at radius 1 is 1.00 bits per heavy atom. The second kappa shape index (κ2) is 11.8. The van der Waals surface area contributed by atoms with Gasteiger partial charge in [-0.2, -0.15) is 0 Å². The van der Waals surface area contributed by atoms with E-state index in [-0.39, 0.29) is 37.1 Å². The first kappa shape index (κ1) is 24.1. The summed E-state index contributed by atoms with van der Waals surface area (Å²) < 4.78 is 0. The molecule has 0 saturated heterocycles. The second-order valence-electron chi connectivity index (χ2n) is 8.04. The van der Waals surface area contributed by atoms with Gasteiger partial charge in [0.15, 0.2) is 0 Å². The van der Waals surface area contributed by atoms with Crippen LogP contribution in [0, 0.1) is 19.8 Å². The monoisotopic (exact) mass is 424 g/mol. The van der Waals surface area contributed by atoms with Gasteiger partial charge in [-0.05, 0) is 61.6 Å². The largest absolute Gasteiger partial charge is 0.355 e. The standard InChI is InChI=1S/C24H32N4O3/c1-17(2)12-14-26-23(30)16-28(20-9-8-18(3)19(4)15-20)24(31)11-10-22(29)27-21-7-5-6-13-25-21/h5-9,13,15,17H,10-12,14,16H2,1-4H3,(H,26,30)(H,25,27,29). The van der Waals surface area contributed by atoms with E-state index in [1.807, 2.05) is 32.0 Å². The molecule has 3 amide bonds. The first-order chi connectivity index (χ1) is 14.8. The molecule has 1 aromatic heterocycles. The highest BCUT2D eigenvalue weighted by atomic mass is 16.2. The number of aryl methyl sites for hydroxylation is 2. The van der Waals surface area contributed by atoms with E-state index in [2.05, 4.69) is 29.5 Å². The van der Waals surface area contributed by atoms with Crippen molar-refractivity contribution in [1.82, 2.24) is 10.3 Å². The molecule has 0 fully saturated rings. The lowest BCUT2D eigenvalue weighted by molar-refractivity contribution is -0.125. The third kappa shape index (κ3) is 8.20. The summed E-state index contributed by atoms with van der Waals surface area (Å²) in [6, 6.07) is 10.9. The molecule has 2 rings (SSSR count). The number of benzene rings is 1. The summed E-state index contributed by atoms with van der Waals surface area (Å²) in [5.74, 6) is 0.128. The Morgan fingerprint density at radius 3 is 2.42 bits per heavy atom. The topological polar surface area (TPSA) is 91.4 Å². The number of hydrogen-bond donors (Lipinski definition) is 2. The third-order valence-electron chi connectivity index (χ3n) is 4.95. The Labute approximate surface area is 184 Å². The minimum atomic E-state index is -0.298. The maximum absolute atomic E-state index is 13.0. The fourth-order valence-electron chi connectivity index (χ4n) is 2.91. The average molecular weight is 425 g/mol. The van der Waals surface area contributed by atoms with Crippen molar-refractivity contribution in [2.24, 2.45) is 5.92 Å². The number of nitrogens with one attached hydrogen (secondary N) is 2. The minimum Gasteiger partial charge on any atom is -0.355 e. The number of hydrogen-bond acceptors (Lipinski definition) is 4. The van der Waals surface area contributed by atoms with E-state index in [4.69, 9.17) is 0 Å². The third-order valence-corrected chi connectivity index (χ3v) is 4.95. The van der Waals surface area contributed by atoms with Crippen molar-refractivity contribution in [1.29, 1.82) is 0 Å². The fourth-order valence-corrected chi connectivity index (χ4v) is 2.91. The zero-order valence-corrected chi connectivity index (χ0v) is 18.8. The lowest BCUT2D eigenvalue weighted by Gasteiger charge is -2.23. The molecule has 0 aliphatic carbocycles. The Hall–Kier alpha value is -3.22. The van der Waals surface area contributed by atoms with Crippen LogP contribution in [0.25, 0.3) is 0 Å². The van der Waals surface area contributed by atoms with Gasteiger partial charge in [0.1, 0.15) is 12.4 Å². The minimum absolute atomic E-state index is 0.00567. The normalized spacial score (nSPS) is 10.6. The lowest BCUT2D eigenvalue weighted by Crippen LogP contribution is -2.41. The Morgan fingerprint density at radius 2 is 1.77 bits per heavy atom. The van der Waals surface area contributed by atoms with Gasteiger partial charge < -0.3 is 15.5 Å². The van der Waals surface area contributed by atoms with Crippen LogP contribution in [-0.2, 0) is 14.4 Å². The van der Waals surface area contributed by atoms with Crippen LogP contribution in [0.15, 0.2) is 42.6 Å². The summed E-state index contributed by atoms with van der Waals surface area (Å²) in [7, 11) is 0. The number of pyridine rings is 1. The van der Waals surface area contributed by atoms with Gasteiger partial charge in [0.2, 0.25) is 17.7 Å². The molecular weight excluding hydrogens is 392 g/mol. The highest BCUT2D eigenvalue weighted by Crippen LogP contribution is 2.20. The van der Waals surface area contributed by atoms with Crippen molar-refractivity contribution >= 4 is 29.2 Å². The van der Waals surface area contributed by atoms with Crippen molar-refractivity contribution in [3.8, 4) is 0 Å². The molecule has 0 atom stereocenters. The summed E-state index contributed by atoms with van der Waals surface area (Å²) in [4.78, 5) is 43.1. The summed E-state index contributed by atoms with van der Waals surface area (Å²) in [5.41, 5.74) is 2.79. The molecule has 7 nitrogen and oxygen atoms in total. The Bertz CT molecular complexity index is 897. The van der Waals surface area contributed by atoms with Crippen LogP contribution < -0.4 is 15.5 Å². The van der Waals surface area contributed by atoms with Crippen LogP contribution in [-0.4, -0.2) is 35.8 Å². The molecule has 0 bridgehead atoms. The number of aromatic nitrogens is 1. The average Bonchev–Trinajstić information content (AvgIpc) is 2.73. The van der Waals surface area contributed by atoms with Crippen LogP contribution in [0.4, 0.5) is 11.5 Å². The van der Waals surface area contributed by atoms with Crippen molar-refractivity contribution in [3.05, 3.63) is 53.7 Å². The predicted molar refractivity (Wildman–Crippen MR) is 123 cm³/mol. The smallest absolute Gasteiger partial charge is 0.240 e. The Kier molecular flexibility index (Phi) is 9.18. The molecule has 166 valence electrons. The number of anilines is 2. The molecule has 31 heavy (non-hydrogen) atoms. The van der Waals surface area contributed by atoms with E-state index in [9.17, 15) is 14.4 Å². The van der Waals surface area contributed by atoms with Crippen LogP contribution in [0.5, 0.6) is 0 Å². The van der Waals surface area contributed by atoms with Gasteiger partial charge in [-0.15, -0.1) is 0 Å². The zero-order valence-electron chi connectivity index (χ0n) is 18.8. The molecule has 2 N–H and O–H groups in total. The van der Waals surface area contributed by atoms with Crippen molar-refractivity contribution in [2.75, 3.05) is 23.3 Å². The molecule has 2 aromatic rings. The quantitative estimate of drug-likeness (QED) is 0.609. The van der Waals surface area contributed by atoms with Gasteiger partial charge in [-0.3, -0.25) is 14.4 Å². The summed E-state index contributed by atoms with van der Waals surface area (Å²) in [5, 5.41) is 5.54. The molecule has 1 heterocycles. The summed E-state index contributed by atoms with van der Waals surface area (Å²) in [6.45, 7) is 8.62. The highest BCUT2D eigenvalue weighted by Gasteiger charge is 2.20. The highest BCUT2D eigenvalue weighted by molar-refractivity contribution is 6.01. The number of carbonyl (C=O) groups excluding carboxylic acids is 3. The first-order valence-corrected chi connectivity index (χ1v) is 10.6. The SMILES string of the molecule is Cc1ccc(N(CC(=O)NCCC(C)C)C(=O)CCC(=O)Nc2ccccn2)cc1C. The summed E-state index contributed by atoms with van der Waals surface area (Å²) in [6.07, 6.45) is 2.45. The van der Waals surface area contributed by atoms with Crippen LogP contribution >= 0.6 is 0 Å². The molecule has 1 aromatic carbocycles. The lowest BCUT2D eigenvalue weighted by atomic mass is 10.1. The summed E-state index contributed by atoms with van der Waals surface area (Å²) >= 11 is 0. The van der Waals surface area contributed by atoms with E-state index in [1.165, 1.54) is 4.90 Å². The molecule has 0 saturated carbocycles. The van der Waals surface area contributed by atoms with E-state index >= 15 is 0 Å². The van der Waals surface area contributed by atoms with E-state index in [0.717, 1.165) is 17.5 Å². The molecule has 0 aliphatic heterocycles. The maximum Gasteiger partial charge on any atom is 0.240 e. The van der Waals surface area contributed by atoms with Crippen LogP contribution in [0.3, 0.4) is 0 Å². The molecule has 7 heteroatoms. The molecule has 0 spiro atoms. The molecule has 0 aliphatic rings. The van der Waals surface area contributed by atoms with Gasteiger partial charge >= 0.3 is 0 Å². The maximum atomic E-state index is 13.0. The molecule has 0 radical (unpaired) electrons. The fraction of sp³-hybridized carbons (Fsp3) is 0.417. The Balaban J connectivity index is 2.03. The number of amides is 3. The number of nitrogens with zero attached hydrogens (tertiary/aromatic N) is 2. The van der Waals surface area contributed by atoms with E-state index < -0.39 is 0 Å². The van der Waals surface area contributed by atoms with Gasteiger partial charge in [0, 0.05) is 31.3 Å². The van der Waals surface area contributed by atoms with E-state index in [0.29, 0.717) is 24.0 Å². The number of carbonyl (C=O) groups is 3. The van der Waals surface area contributed by atoms with Crippen LogP contribution in [0.1, 0.15) is 44.2 Å². The van der Waals surface area contributed by atoms with Gasteiger partial charge in [-0.1, -0.05) is 26.0 Å². The predicted octanol–water partition coefficient (Wildman–Crippen LogP) is 3.61. The second-order valence-corrected chi connectivity index (χ2v) is 8.04.